The predicted octanol–water partition coefficient (Wildman–Crippen LogP) is 1.71. The summed E-state index contributed by atoms with van der Waals surface area (Å²) in [6.07, 6.45) is 2.35. The van der Waals surface area contributed by atoms with Crippen LogP contribution in [0, 0.1) is 0 Å². The summed E-state index contributed by atoms with van der Waals surface area (Å²) in [4.78, 5) is 13.7. The lowest BCUT2D eigenvalue weighted by Gasteiger charge is -2.30. The van der Waals surface area contributed by atoms with Gasteiger partial charge in [0.15, 0.2) is 0 Å². The first kappa shape index (κ1) is 12.9. The summed E-state index contributed by atoms with van der Waals surface area (Å²) >= 11 is 0. The molecule has 2 unspecified atom stereocenters. The van der Waals surface area contributed by atoms with Gasteiger partial charge in [-0.05, 0) is 30.5 Å². The van der Waals surface area contributed by atoms with E-state index in [2.05, 4.69) is 0 Å². The number of amides is 1. The van der Waals surface area contributed by atoms with Crippen molar-refractivity contribution < 1.29 is 9.53 Å². The zero-order valence-electron chi connectivity index (χ0n) is 10.9. The molecule has 1 aliphatic heterocycles. The van der Waals surface area contributed by atoms with E-state index in [0.29, 0.717) is 6.42 Å². The summed E-state index contributed by atoms with van der Waals surface area (Å²) in [6.45, 7) is 0. The number of hydrogen-bond acceptors (Lipinski definition) is 3. The van der Waals surface area contributed by atoms with E-state index in [9.17, 15) is 4.79 Å². The minimum atomic E-state index is -0.0362. The van der Waals surface area contributed by atoms with Crippen LogP contribution < -0.4 is 10.5 Å². The number of benzene rings is 1. The van der Waals surface area contributed by atoms with Crippen molar-refractivity contribution in [2.45, 2.75) is 31.3 Å². The molecule has 1 fully saturated rings. The van der Waals surface area contributed by atoms with Crippen LogP contribution in [-0.2, 0) is 4.79 Å². The fourth-order valence-corrected chi connectivity index (χ4v) is 2.54. The normalized spacial score (nSPS) is 24.8. The molecule has 1 heterocycles. The number of ether oxygens (including phenoxy) is 1. The van der Waals surface area contributed by atoms with E-state index >= 15 is 0 Å². The van der Waals surface area contributed by atoms with Crippen LogP contribution in [0.1, 0.15) is 30.9 Å². The van der Waals surface area contributed by atoms with Gasteiger partial charge in [-0.15, -0.1) is 0 Å². The molecule has 4 nitrogen and oxygen atoms in total. The number of hydrogen-bond donors (Lipinski definition) is 1. The summed E-state index contributed by atoms with van der Waals surface area (Å²) < 4.78 is 5.14. The Morgan fingerprint density at radius 2 is 2.00 bits per heavy atom. The van der Waals surface area contributed by atoms with E-state index in [-0.39, 0.29) is 18.0 Å². The third kappa shape index (κ3) is 2.48. The Balaban J connectivity index is 2.29. The maximum Gasteiger partial charge on any atom is 0.222 e. The van der Waals surface area contributed by atoms with Crippen molar-refractivity contribution in [2.75, 3.05) is 14.2 Å². The molecule has 1 aromatic rings. The van der Waals surface area contributed by atoms with Gasteiger partial charge in [0.2, 0.25) is 5.91 Å². The smallest absolute Gasteiger partial charge is 0.222 e. The van der Waals surface area contributed by atoms with E-state index in [1.165, 1.54) is 0 Å². The molecule has 0 aromatic heterocycles. The monoisotopic (exact) mass is 248 g/mol. The molecule has 2 N–H and O–H groups in total. The molecule has 1 amide bonds. The number of likely N-dealkylation sites (tertiary alicyclic amines) is 1. The molecule has 0 aliphatic carbocycles. The highest BCUT2D eigenvalue weighted by Gasteiger charge is 2.30. The molecular weight excluding hydrogens is 228 g/mol. The number of nitrogens with zero attached hydrogens (tertiary/aromatic N) is 1. The molecule has 18 heavy (non-hydrogen) atoms. The highest BCUT2D eigenvalue weighted by atomic mass is 16.5. The van der Waals surface area contributed by atoms with E-state index in [4.69, 9.17) is 10.5 Å². The minimum absolute atomic E-state index is 0.00477. The second-order valence-electron chi connectivity index (χ2n) is 4.78. The van der Waals surface area contributed by atoms with Crippen LogP contribution in [0.2, 0.25) is 0 Å². The number of carbonyl (C=O) groups excluding carboxylic acids is 1. The van der Waals surface area contributed by atoms with Crippen LogP contribution in [-0.4, -0.2) is 31.0 Å². The van der Waals surface area contributed by atoms with Crippen LogP contribution in [0.3, 0.4) is 0 Å². The van der Waals surface area contributed by atoms with E-state index in [1.54, 1.807) is 12.0 Å². The highest BCUT2D eigenvalue weighted by molar-refractivity contribution is 5.76. The molecule has 4 heteroatoms. The zero-order valence-corrected chi connectivity index (χ0v) is 10.9. The molecule has 1 aliphatic rings. The average molecular weight is 248 g/mol. The Hall–Kier alpha value is -1.55. The fraction of sp³-hybridized carbons (Fsp3) is 0.500. The quantitative estimate of drug-likeness (QED) is 0.866. The van der Waals surface area contributed by atoms with Crippen molar-refractivity contribution in [3.8, 4) is 5.75 Å². The van der Waals surface area contributed by atoms with Crippen molar-refractivity contribution in [2.24, 2.45) is 5.73 Å². The van der Waals surface area contributed by atoms with Crippen LogP contribution in [0.5, 0.6) is 5.75 Å². The van der Waals surface area contributed by atoms with Crippen molar-refractivity contribution in [3.05, 3.63) is 29.8 Å². The average Bonchev–Trinajstić information content (AvgIpc) is 2.50. The van der Waals surface area contributed by atoms with Gasteiger partial charge in [0.05, 0.1) is 13.2 Å². The van der Waals surface area contributed by atoms with Crippen molar-refractivity contribution >= 4 is 5.91 Å². The lowest BCUT2D eigenvalue weighted by molar-refractivity contribution is -0.131. The number of methoxy groups -OCH3 is 1. The summed E-state index contributed by atoms with van der Waals surface area (Å²) in [6, 6.07) is 7.74. The van der Waals surface area contributed by atoms with Gasteiger partial charge >= 0.3 is 0 Å². The Bertz CT molecular complexity index is 416. The first-order valence-electron chi connectivity index (χ1n) is 6.28. The Morgan fingerprint density at radius 3 is 2.61 bits per heavy atom. The zero-order chi connectivity index (χ0) is 13.1. The third-order valence-corrected chi connectivity index (χ3v) is 3.60. The second-order valence-corrected chi connectivity index (χ2v) is 4.78. The van der Waals surface area contributed by atoms with Crippen LogP contribution in [0.15, 0.2) is 24.3 Å². The van der Waals surface area contributed by atoms with E-state index < -0.39 is 0 Å². The van der Waals surface area contributed by atoms with Gasteiger partial charge in [-0.1, -0.05) is 12.1 Å². The van der Waals surface area contributed by atoms with Crippen molar-refractivity contribution in [3.63, 3.8) is 0 Å². The molecule has 98 valence electrons. The summed E-state index contributed by atoms with van der Waals surface area (Å²) in [5.74, 6) is 0.985. The lowest BCUT2D eigenvalue weighted by atomic mass is 9.96. The summed E-state index contributed by atoms with van der Waals surface area (Å²) in [5, 5.41) is 0. The molecule has 1 aromatic carbocycles. The molecule has 2 rings (SSSR count). The maximum atomic E-state index is 11.9. The maximum absolute atomic E-state index is 11.9. The van der Waals surface area contributed by atoms with Crippen molar-refractivity contribution in [1.82, 2.24) is 4.90 Å². The number of likely N-dealkylation sites (N-methyl/N-ethyl adjacent to an activating group) is 1. The molecule has 0 saturated carbocycles. The number of carbonyl (C=O) groups is 1. The minimum Gasteiger partial charge on any atom is -0.497 e. The van der Waals surface area contributed by atoms with Gasteiger partial charge < -0.3 is 15.4 Å². The molecule has 0 bridgehead atoms. The van der Waals surface area contributed by atoms with Crippen LogP contribution in [0.25, 0.3) is 0 Å². The van der Waals surface area contributed by atoms with Gasteiger partial charge in [0.25, 0.3) is 0 Å². The molecule has 0 radical (unpaired) electrons. The Morgan fingerprint density at radius 1 is 1.33 bits per heavy atom. The van der Waals surface area contributed by atoms with Gasteiger partial charge in [-0.3, -0.25) is 4.79 Å². The highest BCUT2D eigenvalue weighted by Crippen LogP contribution is 2.29. The van der Waals surface area contributed by atoms with Gasteiger partial charge in [0.1, 0.15) is 5.75 Å². The fourth-order valence-electron chi connectivity index (χ4n) is 2.54. The molecule has 0 spiro atoms. The van der Waals surface area contributed by atoms with Crippen molar-refractivity contribution in [1.29, 1.82) is 0 Å². The summed E-state index contributed by atoms with van der Waals surface area (Å²) in [5.41, 5.74) is 7.28. The topological polar surface area (TPSA) is 55.6 Å². The first-order valence-corrected chi connectivity index (χ1v) is 6.28. The molecular formula is C14H20N2O2. The summed E-state index contributed by atoms with van der Waals surface area (Å²) in [7, 11) is 3.48. The molecule has 1 saturated heterocycles. The van der Waals surface area contributed by atoms with E-state index in [1.807, 2.05) is 31.3 Å². The predicted molar refractivity (Wildman–Crippen MR) is 70.3 cm³/mol. The first-order chi connectivity index (χ1) is 8.63. The molecule has 2 atom stereocenters. The second kappa shape index (κ2) is 5.40. The van der Waals surface area contributed by atoms with Gasteiger partial charge in [-0.25, -0.2) is 0 Å². The lowest BCUT2D eigenvalue weighted by Crippen LogP contribution is -2.39. The van der Waals surface area contributed by atoms with Gasteiger partial charge in [-0.2, -0.15) is 0 Å². The van der Waals surface area contributed by atoms with Crippen LogP contribution >= 0.6 is 0 Å². The van der Waals surface area contributed by atoms with Gasteiger partial charge in [0, 0.05) is 19.5 Å². The number of rotatable bonds is 2. The standard InChI is InChI=1S/C14H20N2O2/c1-16-13(17)5-3-4-12(15)14(16)10-6-8-11(18-2)9-7-10/h6-9,12,14H,3-5,15H2,1-2H3. The SMILES string of the molecule is COc1ccc(C2C(N)CCCC(=O)N2C)cc1. The Kier molecular flexibility index (Phi) is 3.87. The Labute approximate surface area is 108 Å². The van der Waals surface area contributed by atoms with Crippen LogP contribution in [0.4, 0.5) is 0 Å². The van der Waals surface area contributed by atoms with E-state index in [0.717, 1.165) is 24.2 Å². The number of nitrogens with two attached hydrogens (primary N) is 1. The largest absolute Gasteiger partial charge is 0.497 e. The third-order valence-electron chi connectivity index (χ3n) is 3.60.